The molecule has 2 rings (SSSR count). The lowest BCUT2D eigenvalue weighted by atomic mass is 10.2. The standard InChI is InChI=1S/C12H10ClN3O2/c1-7-4-9(13)2-3-10(7)16-12-14-5-8(6-15-12)11(17)18/h2-6H,1H3,(H,17,18)(H,14,15,16). The molecule has 0 atom stereocenters. The molecule has 6 heteroatoms. The van der Waals surface area contributed by atoms with Gasteiger partial charge in [-0.3, -0.25) is 0 Å². The minimum atomic E-state index is -1.05. The number of aryl methyl sites for hydroxylation is 1. The smallest absolute Gasteiger partial charge is 0.338 e. The molecular formula is C12H10ClN3O2. The molecule has 2 N–H and O–H groups in total. The Balaban J connectivity index is 2.21. The molecule has 1 aromatic heterocycles. The average Bonchev–Trinajstić information content (AvgIpc) is 2.33. The first-order valence-corrected chi connectivity index (χ1v) is 5.52. The highest BCUT2D eigenvalue weighted by molar-refractivity contribution is 6.30. The summed E-state index contributed by atoms with van der Waals surface area (Å²) in [6.07, 6.45) is 2.51. The topological polar surface area (TPSA) is 75.1 Å². The predicted octanol–water partition coefficient (Wildman–Crippen LogP) is 2.88. The fraction of sp³-hybridized carbons (Fsp3) is 0.0833. The first-order valence-electron chi connectivity index (χ1n) is 5.15. The lowest BCUT2D eigenvalue weighted by molar-refractivity contribution is 0.0696. The summed E-state index contributed by atoms with van der Waals surface area (Å²) in [5.74, 6) is -0.713. The van der Waals surface area contributed by atoms with E-state index in [0.29, 0.717) is 11.0 Å². The van der Waals surface area contributed by atoms with Crippen molar-refractivity contribution >= 4 is 29.2 Å². The van der Waals surface area contributed by atoms with Gasteiger partial charge in [-0.05, 0) is 30.7 Å². The Morgan fingerprint density at radius 2 is 2.00 bits per heavy atom. The molecule has 0 saturated carbocycles. The van der Waals surface area contributed by atoms with Crippen molar-refractivity contribution < 1.29 is 9.90 Å². The second-order valence-electron chi connectivity index (χ2n) is 3.68. The molecule has 92 valence electrons. The number of aromatic nitrogens is 2. The minimum Gasteiger partial charge on any atom is -0.478 e. The van der Waals surface area contributed by atoms with Gasteiger partial charge in [0.25, 0.3) is 0 Å². The highest BCUT2D eigenvalue weighted by Gasteiger charge is 2.05. The lowest BCUT2D eigenvalue weighted by Crippen LogP contribution is -2.02. The fourth-order valence-corrected chi connectivity index (χ4v) is 1.62. The van der Waals surface area contributed by atoms with E-state index in [0.717, 1.165) is 11.3 Å². The van der Waals surface area contributed by atoms with Crippen LogP contribution < -0.4 is 5.32 Å². The number of halogens is 1. The van der Waals surface area contributed by atoms with Crippen LogP contribution in [-0.4, -0.2) is 21.0 Å². The zero-order valence-electron chi connectivity index (χ0n) is 9.51. The van der Waals surface area contributed by atoms with Crippen LogP contribution in [0.1, 0.15) is 15.9 Å². The summed E-state index contributed by atoms with van der Waals surface area (Å²) in [7, 11) is 0. The van der Waals surface area contributed by atoms with E-state index in [4.69, 9.17) is 16.7 Å². The Labute approximate surface area is 108 Å². The number of hydrogen-bond donors (Lipinski definition) is 2. The number of aromatic carboxylic acids is 1. The van der Waals surface area contributed by atoms with Crippen molar-refractivity contribution in [1.29, 1.82) is 0 Å². The molecule has 0 aliphatic carbocycles. The van der Waals surface area contributed by atoms with E-state index >= 15 is 0 Å². The molecule has 0 saturated heterocycles. The van der Waals surface area contributed by atoms with Crippen molar-refractivity contribution in [1.82, 2.24) is 9.97 Å². The molecule has 2 aromatic rings. The molecule has 0 radical (unpaired) electrons. The van der Waals surface area contributed by atoms with Crippen LogP contribution in [0.25, 0.3) is 0 Å². The maximum Gasteiger partial charge on any atom is 0.338 e. The molecule has 0 fully saturated rings. The molecule has 5 nitrogen and oxygen atoms in total. The Bertz CT molecular complexity index is 584. The van der Waals surface area contributed by atoms with Gasteiger partial charge in [-0.25, -0.2) is 14.8 Å². The summed E-state index contributed by atoms with van der Waals surface area (Å²) in [5.41, 5.74) is 1.82. The number of carbonyl (C=O) groups is 1. The van der Waals surface area contributed by atoms with Crippen molar-refractivity contribution in [3.8, 4) is 0 Å². The third-order valence-electron chi connectivity index (χ3n) is 2.33. The minimum absolute atomic E-state index is 0.0494. The van der Waals surface area contributed by atoms with Crippen molar-refractivity contribution in [2.24, 2.45) is 0 Å². The summed E-state index contributed by atoms with van der Waals surface area (Å²) < 4.78 is 0. The van der Waals surface area contributed by atoms with Gasteiger partial charge in [-0.15, -0.1) is 0 Å². The molecule has 0 aliphatic heterocycles. The van der Waals surface area contributed by atoms with Crippen LogP contribution in [0.4, 0.5) is 11.6 Å². The second kappa shape index (κ2) is 5.01. The first kappa shape index (κ1) is 12.3. The van der Waals surface area contributed by atoms with E-state index in [1.807, 2.05) is 19.1 Å². The van der Waals surface area contributed by atoms with E-state index in [9.17, 15) is 4.79 Å². The van der Waals surface area contributed by atoms with Crippen LogP contribution >= 0.6 is 11.6 Å². The van der Waals surface area contributed by atoms with Gasteiger partial charge in [0.1, 0.15) is 0 Å². The quantitative estimate of drug-likeness (QED) is 0.891. The van der Waals surface area contributed by atoms with Gasteiger partial charge >= 0.3 is 5.97 Å². The molecule has 1 heterocycles. The number of nitrogens with zero attached hydrogens (tertiary/aromatic N) is 2. The summed E-state index contributed by atoms with van der Waals surface area (Å²) in [5, 5.41) is 12.4. The first-order chi connectivity index (χ1) is 8.56. The summed E-state index contributed by atoms with van der Waals surface area (Å²) in [6.45, 7) is 1.90. The van der Waals surface area contributed by atoms with E-state index in [2.05, 4.69) is 15.3 Å². The highest BCUT2D eigenvalue weighted by Crippen LogP contribution is 2.21. The molecule has 0 unspecified atom stereocenters. The number of nitrogens with one attached hydrogen (secondary N) is 1. The van der Waals surface area contributed by atoms with Crippen molar-refractivity contribution in [3.05, 3.63) is 46.7 Å². The number of benzene rings is 1. The summed E-state index contributed by atoms with van der Waals surface area (Å²) in [4.78, 5) is 18.5. The Hall–Kier alpha value is -2.14. The Morgan fingerprint density at radius 1 is 1.33 bits per heavy atom. The van der Waals surface area contributed by atoms with Crippen molar-refractivity contribution in [2.75, 3.05) is 5.32 Å². The van der Waals surface area contributed by atoms with E-state index in [1.165, 1.54) is 12.4 Å². The maximum atomic E-state index is 10.6. The predicted molar refractivity (Wildman–Crippen MR) is 68.5 cm³/mol. The van der Waals surface area contributed by atoms with Crippen molar-refractivity contribution in [2.45, 2.75) is 6.92 Å². The number of carboxylic acids is 1. The molecule has 0 amide bonds. The molecule has 18 heavy (non-hydrogen) atoms. The SMILES string of the molecule is Cc1cc(Cl)ccc1Nc1ncc(C(=O)O)cn1. The van der Waals surface area contributed by atoms with Gasteiger partial charge in [0.05, 0.1) is 5.56 Å². The largest absolute Gasteiger partial charge is 0.478 e. The van der Waals surface area contributed by atoms with E-state index in [1.54, 1.807) is 6.07 Å². The third kappa shape index (κ3) is 2.75. The van der Waals surface area contributed by atoms with Gasteiger partial charge in [0.15, 0.2) is 0 Å². The second-order valence-corrected chi connectivity index (χ2v) is 4.12. The highest BCUT2D eigenvalue weighted by atomic mass is 35.5. The Morgan fingerprint density at radius 3 is 2.56 bits per heavy atom. The molecule has 0 bridgehead atoms. The van der Waals surface area contributed by atoms with Crippen LogP contribution in [0.5, 0.6) is 0 Å². The monoisotopic (exact) mass is 263 g/mol. The molecular weight excluding hydrogens is 254 g/mol. The summed E-state index contributed by atoms with van der Waals surface area (Å²) in [6, 6.07) is 5.38. The van der Waals surface area contributed by atoms with Gasteiger partial charge in [0.2, 0.25) is 5.95 Å². The van der Waals surface area contributed by atoms with Crippen LogP contribution in [0, 0.1) is 6.92 Å². The molecule has 0 aliphatic rings. The maximum absolute atomic E-state index is 10.6. The van der Waals surface area contributed by atoms with Gasteiger partial charge < -0.3 is 10.4 Å². The van der Waals surface area contributed by atoms with E-state index < -0.39 is 5.97 Å². The average molecular weight is 264 g/mol. The Kier molecular flexibility index (Phi) is 3.43. The van der Waals surface area contributed by atoms with Crippen molar-refractivity contribution in [3.63, 3.8) is 0 Å². The zero-order valence-corrected chi connectivity index (χ0v) is 10.3. The number of carboxylic acid groups (broad SMARTS) is 1. The zero-order chi connectivity index (χ0) is 13.1. The van der Waals surface area contributed by atoms with Crippen LogP contribution in [0.2, 0.25) is 5.02 Å². The molecule has 0 spiro atoms. The van der Waals surface area contributed by atoms with Crippen LogP contribution in [0.3, 0.4) is 0 Å². The lowest BCUT2D eigenvalue weighted by Gasteiger charge is -2.08. The fourth-order valence-electron chi connectivity index (χ4n) is 1.39. The van der Waals surface area contributed by atoms with Gasteiger partial charge in [0, 0.05) is 23.1 Å². The normalized spacial score (nSPS) is 10.1. The van der Waals surface area contributed by atoms with Gasteiger partial charge in [-0.1, -0.05) is 11.6 Å². The number of rotatable bonds is 3. The van der Waals surface area contributed by atoms with E-state index in [-0.39, 0.29) is 5.56 Å². The summed E-state index contributed by atoms with van der Waals surface area (Å²) >= 11 is 5.85. The number of hydrogen-bond acceptors (Lipinski definition) is 4. The number of anilines is 2. The third-order valence-corrected chi connectivity index (χ3v) is 2.57. The molecule has 1 aromatic carbocycles. The van der Waals surface area contributed by atoms with Crippen LogP contribution in [0.15, 0.2) is 30.6 Å². The van der Waals surface area contributed by atoms with Gasteiger partial charge in [-0.2, -0.15) is 0 Å². The van der Waals surface area contributed by atoms with Crippen LogP contribution in [-0.2, 0) is 0 Å².